The lowest BCUT2D eigenvalue weighted by Crippen LogP contribution is -2.24. The van der Waals surface area contributed by atoms with E-state index in [1.807, 2.05) is 0 Å². The van der Waals surface area contributed by atoms with Crippen LogP contribution in [0.1, 0.15) is 51.1 Å². The highest BCUT2D eigenvalue weighted by Crippen LogP contribution is 2.38. The number of hydrogen-bond acceptors (Lipinski definition) is 1. The van der Waals surface area contributed by atoms with E-state index in [1.165, 1.54) is 34.1 Å². The van der Waals surface area contributed by atoms with Crippen LogP contribution in [0.15, 0.2) is 30.5 Å². The Labute approximate surface area is 132 Å². The molecule has 1 aromatic carbocycles. The number of aryl methyl sites for hydroxylation is 2. The first kappa shape index (κ1) is 13.8. The SMILES string of the molecule is CC(C)C(C)(C)c1cccc2ccn3c4c(nc3c12)CCC4. The van der Waals surface area contributed by atoms with Crippen molar-refractivity contribution < 1.29 is 0 Å². The number of hydrogen-bond donors (Lipinski definition) is 0. The summed E-state index contributed by atoms with van der Waals surface area (Å²) in [7, 11) is 0. The summed E-state index contributed by atoms with van der Waals surface area (Å²) in [6, 6.07) is 8.95. The van der Waals surface area contributed by atoms with Crippen molar-refractivity contribution in [3.63, 3.8) is 0 Å². The Morgan fingerprint density at radius 2 is 1.95 bits per heavy atom. The maximum absolute atomic E-state index is 5.02. The molecule has 0 radical (unpaired) electrons. The van der Waals surface area contributed by atoms with Crippen LogP contribution < -0.4 is 0 Å². The minimum atomic E-state index is 0.137. The fourth-order valence-electron chi connectivity index (χ4n) is 3.70. The molecule has 1 aliphatic carbocycles. The zero-order valence-corrected chi connectivity index (χ0v) is 14.0. The van der Waals surface area contributed by atoms with Gasteiger partial charge < -0.3 is 4.40 Å². The molecule has 114 valence electrons. The van der Waals surface area contributed by atoms with E-state index < -0.39 is 0 Å². The first-order valence-electron chi connectivity index (χ1n) is 8.42. The van der Waals surface area contributed by atoms with Gasteiger partial charge >= 0.3 is 0 Å². The molecule has 3 aromatic rings. The van der Waals surface area contributed by atoms with E-state index in [0.717, 1.165) is 18.5 Å². The van der Waals surface area contributed by atoms with Gasteiger partial charge in [0.1, 0.15) is 5.65 Å². The van der Waals surface area contributed by atoms with E-state index in [0.29, 0.717) is 5.92 Å². The van der Waals surface area contributed by atoms with Crippen molar-refractivity contribution in [3.05, 3.63) is 47.4 Å². The Hall–Kier alpha value is -1.83. The number of fused-ring (bicyclic) bond motifs is 5. The first-order valence-corrected chi connectivity index (χ1v) is 8.42. The first-order chi connectivity index (χ1) is 10.5. The summed E-state index contributed by atoms with van der Waals surface area (Å²) >= 11 is 0. The topological polar surface area (TPSA) is 17.3 Å². The molecule has 2 nitrogen and oxygen atoms in total. The summed E-state index contributed by atoms with van der Waals surface area (Å²) in [5, 5.41) is 2.65. The van der Waals surface area contributed by atoms with Gasteiger partial charge in [-0.25, -0.2) is 4.98 Å². The van der Waals surface area contributed by atoms with Crippen LogP contribution >= 0.6 is 0 Å². The summed E-state index contributed by atoms with van der Waals surface area (Å²) in [5.41, 5.74) is 5.46. The van der Waals surface area contributed by atoms with Crippen LogP contribution in [0.2, 0.25) is 0 Å². The molecule has 0 aliphatic heterocycles. The Bertz CT molecular complexity index is 868. The van der Waals surface area contributed by atoms with Crippen molar-refractivity contribution >= 4 is 16.4 Å². The lowest BCUT2D eigenvalue weighted by molar-refractivity contribution is 0.375. The molecule has 0 saturated carbocycles. The predicted octanol–water partition coefficient (Wildman–Crippen LogP) is 4.91. The van der Waals surface area contributed by atoms with Crippen LogP contribution in [0, 0.1) is 5.92 Å². The molecule has 4 rings (SSSR count). The number of imidazole rings is 1. The van der Waals surface area contributed by atoms with E-state index in [-0.39, 0.29) is 5.41 Å². The number of nitrogens with zero attached hydrogens (tertiary/aromatic N) is 2. The third kappa shape index (κ3) is 1.76. The van der Waals surface area contributed by atoms with Gasteiger partial charge in [0.05, 0.1) is 5.69 Å². The lowest BCUT2D eigenvalue weighted by atomic mass is 9.73. The second-order valence-corrected chi connectivity index (χ2v) is 7.51. The fraction of sp³-hybridized carbons (Fsp3) is 0.450. The Kier molecular flexibility index (Phi) is 2.87. The van der Waals surface area contributed by atoms with Crippen molar-refractivity contribution in [3.8, 4) is 0 Å². The van der Waals surface area contributed by atoms with Gasteiger partial charge in [-0.15, -0.1) is 0 Å². The number of pyridine rings is 1. The summed E-state index contributed by atoms with van der Waals surface area (Å²) in [6.07, 6.45) is 5.75. The van der Waals surface area contributed by atoms with Gasteiger partial charge in [-0.05, 0) is 47.6 Å². The van der Waals surface area contributed by atoms with E-state index >= 15 is 0 Å². The van der Waals surface area contributed by atoms with Crippen molar-refractivity contribution in [2.45, 2.75) is 52.4 Å². The van der Waals surface area contributed by atoms with E-state index in [1.54, 1.807) is 0 Å². The van der Waals surface area contributed by atoms with E-state index in [9.17, 15) is 0 Å². The summed E-state index contributed by atoms with van der Waals surface area (Å²) in [5.74, 6) is 0.583. The highest BCUT2D eigenvalue weighted by molar-refractivity contribution is 5.97. The molecule has 0 fully saturated rings. The largest absolute Gasteiger partial charge is 0.303 e. The highest BCUT2D eigenvalue weighted by Gasteiger charge is 2.28. The summed E-state index contributed by atoms with van der Waals surface area (Å²) in [4.78, 5) is 5.02. The minimum Gasteiger partial charge on any atom is -0.303 e. The van der Waals surface area contributed by atoms with Gasteiger partial charge in [-0.2, -0.15) is 0 Å². The number of rotatable bonds is 2. The lowest BCUT2D eigenvalue weighted by Gasteiger charge is -2.31. The number of benzene rings is 1. The molecule has 22 heavy (non-hydrogen) atoms. The fourth-order valence-corrected chi connectivity index (χ4v) is 3.70. The van der Waals surface area contributed by atoms with Gasteiger partial charge in [-0.3, -0.25) is 0 Å². The molecular weight excluding hydrogens is 268 g/mol. The normalized spacial score (nSPS) is 15.1. The molecule has 2 aromatic heterocycles. The third-order valence-corrected chi connectivity index (χ3v) is 5.78. The maximum atomic E-state index is 5.02. The van der Waals surface area contributed by atoms with Crippen molar-refractivity contribution in [2.24, 2.45) is 5.92 Å². The zero-order valence-electron chi connectivity index (χ0n) is 14.0. The Morgan fingerprint density at radius 1 is 1.14 bits per heavy atom. The molecule has 0 amide bonds. The van der Waals surface area contributed by atoms with Gasteiger partial charge in [-0.1, -0.05) is 45.9 Å². The van der Waals surface area contributed by atoms with Gasteiger partial charge in [0, 0.05) is 17.3 Å². The standard InChI is InChI=1S/C20H24N2/c1-13(2)20(3,4)15-8-5-7-14-11-12-22-17-10-6-9-16(17)21-19(22)18(14)15/h5,7-8,11-13H,6,9-10H2,1-4H3. The predicted molar refractivity (Wildman–Crippen MR) is 92.6 cm³/mol. The molecule has 0 bridgehead atoms. The summed E-state index contributed by atoms with van der Waals surface area (Å²) in [6.45, 7) is 9.33. The average Bonchev–Trinajstić information content (AvgIpc) is 3.06. The van der Waals surface area contributed by atoms with Crippen molar-refractivity contribution in [2.75, 3.05) is 0 Å². The molecule has 0 unspecified atom stereocenters. The van der Waals surface area contributed by atoms with Crippen LogP contribution in [0.3, 0.4) is 0 Å². The second kappa shape index (κ2) is 4.58. The van der Waals surface area contributed by atoms with Crippen LogP contribution in [0.5, 0.6) is 0 Å². The smallest absolute Gasteiger partial charge is 0.145 e. The van der Waals surface area contributed by atoms with E-state index in [2.05, 4.69) is 62.6 Å². The monoisotopic (exact) mass is 292 g/mol. The molecule has 0 N–H and O–H groups in total. The zero-order chi connectivity index (χ0) is 15.5. The van der Waals surface area contributed by atoms with Gasteiger partial charge in [0.25, 0.3) is 0 Å². The third-order valence-electron chi connectivity index (χ3n) is 5.78. The summed E-state index contributed by atoms with van der Waals surface area (Å²) < 4.78 is 2.34. The van der Waals surface area contributed by atoms with Gasteiger partial charge in [0.2, 0.25) is 0 Å². The molecule has 1 aliphatic rings. The van der Waals surface area contributed by atoms with Gasteiger partial charge in [0.15, 0.2) is 0 Å². The maximum Gasteiger partial charge on any atom is 0.145 e. The second-order valence-electron chi connectivity index (χ2n) is 7.51. The van der Waals surface area contributed by atoms with Crippen LogP contribution in [0.25, 0.3) is 16.4 Å². The Balaban J connectivity index is 2.12. The highest BCUT2D eigenvalue weighted by atomic mass is 15.0. The van der Waals surface area contributed by atoms with Crippen LogP contribution in [-0.2, 0) is 18.3 Å². The number of aromatic nitrogens is 2. The Morgan fingerprint density at radius 3 is 2.73 bits per heavy atom. The molecule has 0 atom stereocenters. The van der Waals surface area contributed by atoms with E-state index in [4.69, 9.17) is 4.98 Å². The van der Waals surface area contributed by atoms with Crippen LogP contribution in [0.4, 0.5) is 0 Å². The molecule has 0 spiro atoms. The molecule has 2 heteroatoms. The van der Waals surface area contributed by atoms with Crippen LogP contribution in [-0.4, -0.2) is 9.38 Å². The quantitative estimate of drug-likeness (QED) is 0.656. The molecule has 2 heterocycles. The molecule has 0 saturated heterocycles. The molecular formula is C20H24N2. The minimum absolute atomic E-state index is 0.137. The average molecular weight is 292 g/mol. The van der Waals surface area contributed by atoms with Crippen molar-refractivity contribution in [1.29, 1.82) is 0 Å². The van der Waals surface area contributed by atoms with Crippen molar-refractivity contribution in [1.82, 2.24) is 9.38 Å².